The number of esters is 4. The van der Waals surface area contributed by atoms with Gasteiger partial charge < -0.3 is 18.9 Å². The Kier molecular flexibility index (Phi) is 21.4. The van der Waals surface area contributed by atoms with Crippen LogP contribution in [0.1, 0.15) is 321 Å². The van der Waals surface area contributed by atoms with Crippen LogP contribution >= 0.6 is 0 Å². The second-order valence-electron chi connectivity index (χ2n) is 39.6. The molecule has 18 atom stereocenters. The molecular weight excluding hydrogens is 1150 g/mol. The van der Waals surface area contributed by atoms with Crippen molar-refractivity contribution < 1.29 is 42.9 Å². The Morgan fingerprint density at radius 3 is 0.806 bits per heavy atom. The Bertz CT molecular complexity index is 2630. The van der Waals surface area contributed by atoms with Crippen molar-refractivity contribution in [3.8, 4) is 0 Å². The van der Waals surface area contributed by atoms with Crippen LogP contribution in [0.3, 0.4) is 0 Å². The first-order valence-electron chi connectivity index (χ1n) is 38.2. The van der Waals surface area contributed by atoms with Crippen molar-refractivity contribution in [3.05, 3.63) is 24.3 Å². The highest BCUT2D eigenvalue weighted by atomic mass is 16.6. The number of carbonyl (C=O) groups excluding carboxylic acids is 5. The summed E-state index contributed by atoms with van der Waals surface area (Å²) in [7, 11) is 0. The van der Waals surface area contributed by atoms with Crippen LogP contribution in [-0.4, -0.2) is 54.1 Å². The van der Waals surface area contributed by atoms with Gasteiger partial charge in [0.05, 0.1) is 0 Å². The fourth-order valence-electron chi connectivity index (χ4n) is 23.1. The molecule has 0 aromatic carbocycles. The Morgan fingerprint density at radius 2 is 0.656 bits per heavy atom. The second-order valence-corrected chi connectivity index (χ2v) is 39.6. The lowest BCUT2D eigenvalue weighted by molar-refractivity contribution is -0.158. The molecule has 14 aliphatic rings. The molecule has 9 heteroatoms. The van der Waals surface area contributed by atoms with Crippen LogP contribution in [0.15, 0.2) is 24.3 Å². The summed E-state index contributed by atoms with van der Waals surface area (Å²) in [6.45, 7) is 63.7. The highest BCUT2D eigenvalue weighted by molar-refractivity contribution is 5.89. The van der Waals surface area contributed by atoms with Crippen molar-refractivity contribution in [2.75, 3.05) is 0 Å². The van der Waals surface area contributed by atoms with Gasteiger partial charge in [-0.25, -0.2) is 0 Å². The fraction of sp³-hybridized carbons (Fsp3) is 0.893. The molecule has 93 heavy (non-hydrogen) atoms. The van der Waals surface area contributed by atoms with Gasteiger partial charge in [-0.1, -0.05) is 184 Å². The van der Waals surface area contributed by atoms with E-state index in [9.17, 15) is 24.0 Å². The molecule has 14 saturated carbocycles. The molecule has 0 aliphatic heterocycles. The summed E-state index contributed by atoms with van der Waals surface area (Å²) in [4.78, 5) is 57.2. The molecule has 14 aliphatic carbocycles. The van der Waals surface area contributed by atoms with Crippen molar-refractivity contribution >= 4 is 29.7 Å². The number of ether oxygens (including phenoxy) is 4. The predicted molar refractivity (Wildman–Crippen MR) is 378 cm³/mol. The quantitative estimate of drug-likeness (QED) is 0.133. The van der Waals surface area contributed by atoms with Crippen molar-refractivity contribution in [2.45, 2.75) is 345 Å². The maximum atomic E-state index is 11.8. The molecule has 530 valence electrons. The van der Waals surface area contributed by atoms with Crippen molar-refractivity contribution in [1.29, 1.82) is 0 Å². The maximum Gasteiger partial charge on any atom is 0.306 e. The van der Waals surface area contributed by atoms with E-state index >= 15 is 0 Å². The molecule has 0 saturated heterocycles. The van der Waals surface area contributed by atoms with Gasteiger partial charge in [-0.05, 0) is 231 Å². The molecule has 0 radical (unpaired) electrons. The van der Waals surface area contributed by atoms with Crippen LogP contribution in [0.5, 0.6) is 0 Å². The molecule has 0 heterocycles. The van der Waals surface area contributed by atoms with E-state index in [1.807, 2.05) is 0 Å². The van der Waals surface area contributed by atoms with Crippen LogP contribution in [0.25, 0.3) is 0 Å². The molecule has 0 aromatic heterocycles. The van der Waals surface area contributed by atoms with Gasteiger partial charge in [0, 0.05) is 60.2 Å². The number of allylic oxidation sites excluding steroid dienone is 2. The van der Waals surface area contributed by atoms with Gasteiger partial charge in [-0.3, -0.25) is 24.0 Å². The molecule has 0 spiro atoms. The molecule has 14 rings (SSSR count). The Morgan fingerprint density at radius 1 is 0.376 bits per heavy atom. The molecule has 10 unspecified atom stereocenters. The maximum absolute atomic E-state index is 11.8. The Balaban J connectivity index is 0.000000141. The van der Waals surface area contributed by atoms with E-state index in [1.54, 1.807) is 0 Å². The summed E-state index contributed by atoms with van der Waals surface area (Å²) in [5, 5.41) is 0. The third kappa shape index (κ3) is 13.2. The van der Waals surface area contributed by atoms with E-state index in [0.29, 0.717) is 68.9 Å². The summed E-state index contributed by atoms with van der Waals surface area (Å²) in [6, 6.07) is 0. The third-order valence-electron chi connectivity index (χ3n) is 33.2. The minimum Gasteiger partial charge on any atom is -0.462 e. The topological polar surface area (TPSA) is 122 Å². The number of hydrogen-bond donors (Lipinski definition) is 0. The van der Waals surface area contributed by atoms with Crippen LogP contribution in [0.4, 0.5) is 0 Å². The first kappa shape index (κ1) is 75.8. The van der Waals surface area contributed by atoms with Crippen LogP contribution in [0, 0.1) is 130 Å². The Hall–Kier alpha value is -2.97. The summed E-state index contributed by atoms with van der Waals surface area (Å²) in [6.07, 6.45) is 28.0. The average molecular weight is 1290 g/mol. The van der Waals surface area contributed by atoms with E-state index in [0.717, 1.165) is 85.9 Å². The van der Waals surface area contributed by atoms with Gasteiger partial charge in [-0.15, -0.1) is 0 Å². The highest BCUT2D eigenvalue weighted by Gasteiger charge is 2.67. The normalized spacial score (nSPS) is 42.1. The van der Waals surface area contributed by atoms with E-state index in [4.69, 9.17) is 18.9 Å². The van der Waals surface area contributed by atoms with Crippen molar-refractivity contribution in [3.63, 3.8) is 0 Å². The third-order valence-corrected chi connectivity index (χ3v) is 33.2. The zero-order chi connectivity index (χ0) is 69.8. The summed E-state index contributed by atoms with van der Waals surface area (Å²) < 4.78 is 22.4. The van der Waals surface area contributed by atoms with Crippen molar-refractivity contribution in [2.24, 2.45) is 130 Å². The van der Waals surface area contributed by atoms with Crippen LogP contribution in [-0.2, 0) is 42.9 Å². The van der Waals surface area contributed by atoms with Gasteiger partial charge in [0.15, 0.2) is 0 Å². The van der Waals surface area contributed by atoms with E-state index in [-0.39, 0.29) is 80.8 Å². The van der Waals surface area contributed by atoms with Crippen LogP contribution in [0.2, 0.25) is 0 Å². The smallest absolute Gasteiger partial charge is 0.306 e. The van der Waals surface area contributed by atoms with Crippen molar-refractivity contribution in [1.82, 2.24) is 0 Å². The molecule has 0 aromatic rings. The standard InChI is InChI=1S/2C15H26O2.2C12H20O2.C10H16O.2C10H16/c2*1-10(2)8-13(16)17-12-9-11-6-7-15(12,5)14(11,3)4;2*1-8(13)14-10-7-9-5-6-12(10,4)11(9,2)3;1-9(2)7-4-5-10(9,3)8(11)6-7;2*1-7-8-4-5-9(6-8)10(7,2)3/h2*10-12H,6-9H2,1-5H3;2*9-10H,5-7H2,1-4H3;7H,4-6H2,1-3H3;2*8-9H,1,4-6H2,2-3H3/t11-,12+,15+;;9-,10-,12+;;;8-,9+;/m0.0..0./s1. The number of carbonyl (C=O) groups is 5. The SMILES string of the molecule is C=C1C2CCC(C2)C1(C)C.C=C1[C@H]2CC[C@H](C2)C1(C)C.CC(=O)OC1CC2CCC1(C)C2(C)C.CC(=O)O[C@H]1C[C@@H]2CC[C@@]1(C)C2(C)C.CC(C)CC(=O)OC1CC2CCC1(C)C2(C)C.CC(C)CC(=O)O[C@@H]1C[C@@H]2CC[C@@]1(C)C2(C)C.CC12CCC(CC1=O)C2(C)C. The first-order valence-corrected chi connectivity index (χ1v) is 38.2. The lowest BCUT2D eigenvalue weighted by Gasteiger charge is -2.38. The lowest BCUT2D eigenvalue weighted by Crippen LogP contribution is -2.38. The van der Waals surface area contributed by atoms with Gasteiger partial charge >= 0.3 is 23.9 Å². The molecular formula is C84H140O9. The average Bonchev–Trinajstić information content (AvgIpc) is 1.58. The van der Waals surface area contributed by atoms with E-state index in [1.165, 1.54) is 121 Å². The first-order chi connectivity index (χ1) is 42.5. The minimum absolute atomic E-state index is 0.00502. The van der Waals surface area contributed by atoms with Gasteiger partial charge in [0.2, 0.25) is 0 Å². The lowest BCUT2D eigenvalue weighted by atomic mass is 9.70. The number of Topliss-reactive ketones (excluding diaryl/α,β-unsaturated/α-hetero) is 1. The molecule has 0 amide bonds. The number of hydrogen-bond acceptors (Lipinski definition) is 9. The molecule has 9 nitrogen and oxygen atoms in total. The largest absolute Gasteiger partial charge is 0.462 e. The van der Waals surface area contributed by atoms with Gasteiger partial charge in [-0.2, -0.15) is 0 Å². The molecule has 14 bridgehead atoms. The van der Waals surface area contributed by atoms with E-state index in [2.05, 4.69) is 172 Å². The monoisotopic (exact) mass is 1290 g/mol. The number of fused-ring (bicyclic) bond motifs is 14. The van der Waals surface area contributed by atoms with Gasteiger partial charge in [0.1, 0.15) is 30.2 Å². The highest BCUT2D eigenvalue weighted by Crippen LogP contribution is 2.70. The molecule has 0 N–H and O–H groups in total. The number of rotatable bonds is 8. The predicted octanol–water partition coefficient (Wildman–Crippen LogP) is 21.5. The number of ketones is 1. The molecule has 14 fully saturated rings. The zero-order valence-corrected chi connectivity index (χ0v) is 64.5. The minimum atomic E-state index is -0.125. The second kappa shape index (κ2) is 26.3. The summed E-state index contributed by atoms with van der Waals surface area (Å²) in [5.41, 5.74) is 6.48. The van der Waals surface area contributed by atoms with Gasteiger partial charge in [0.25, 0.3) is 0 Å². The van der Waals surface area contributed by atoms with Crippen LogP contribution < -0.4 is 0 Å². The zero-order valence-electron chi connectivity index (χ0n) is 64.5. The van der Waals surface area contributed by atoms with E-state index < -0.39 is 0 Å². The fourth-order valence-corrected chi connectivity index (χ4v) is 23.1. The summed E-state index contributed by atoms with van der Waals surface area (Å²) >= 11 is 0. The Labute approximate surface area is 569 Å². The summed E-state index contributed by atoms with van der Waals surface area (Å²) in [5.74, 6) is 8.39.